The van der Waals surface area contributed by atoms with Crippen LogP contribution in [0.25, 0.3) is 11.1 Å². The Morgan fingerprint density at radius 1 is 0.821 bits per heavy atom. The van der Waals surface area contributed by atoms with Gasteiger partial charge in [-0.3, -0.25) is 9.59 Å². The van der Waals surface area contributed by atoms with Crippen molar-refractivity contribution < 1.29 is 9.59 Å². The minimum atomic E-state index is -0.606. The van der Waals surface area contributed by atoms with Gasteiger partial charge in [-0.05, 0) is 73.7 Å². The number of Topliss-reactive ketones (excluding diaryl/α,β-unsaturated/α-hetero) is 1. The van der Waals surface area contributed by atoms with Gasteiger partial charge in [0.15, 0.2) is 0 Å². The van der Waals surface area contributed by atoms with E-state index in [2.05, 4.69) is 38.3 Å². The average Bonchev–Trinajstić information content (AvgIpc) is 3.38. The number of carbonyl (C=O) groups is 2. The molecule has 0 saturated carbocycles. The number of anilines is 3. The summed E-state index contributed by atoms with van der Waals surface area (Å²) in [6.45, 7) is 6.39. The first kappa shape index (κ1) is 24.9. The highest BCUT2D eigenvalue weighted by molar-refractivity contribution is 6.47. The number of rotatable bonds is 6. The molecule has 2 aliphatic rings. The predicted octanol–water partition coefficient (Wildman–Crippen LogP) is 5.34. The van der Waals surface area contributed by atoms with Gasteiger partial charge < -0.3 is 19.7 Å². The Bertz CT molecular complexity index is 1470. The molecule has 2 aromatic heterocycles. The normalized spacial score (nSPS) is 15.1. The molecule has 39 heavy (non-hydrogen) atoms. The largest absolute Gasteiger partial charge is 0.368 e. The summed E-state index contributed by atoms with van der Waals surface area (Å²) in [7, 11) is 0. The molecule has 198 valence electrons. The second-order valence-corrected chi connectivity index (χ2v) is 10.4. The molecule has 0 atom stereocenters. The Kier molecular flexibility index (Phi) is 6.88. The first-order chi connectivity index (χ1) is 19.1. The molecule has 1 saturated heterocycles. The Morgan fingerprint density at radius 3 is 2.28 bits per heavy atom. The van der Waals surface area contributed by atoms with Crippen LogP contribution in [0.5, 0.6) is 0 Å². The number of carbonyl (C=O) groups excluding carboxylic acids is 2. The second kappa shape index (κ2) is 10.8. The van der Waals surface area contributed by atoms with E-state index in [0.717, 1.165) is 85.9 Å². The van der Waals surface area contributed by atoms with Crippen molar-refractivity contribution in [1.82, 2.24) is 9.55 Å². The van der Waals surface area contributed by atoms with Crippen LogP contribution < -0.4 is 15.1 Å². The number of ketones is 1. The fourth-order valence-electron chi connectivity index (χ4n) is 5.61. The van der Waals surface area contributed by atoms with E-state index >= 15 is 0 Å². The van der Waals surface area contributed by atoms with Gasteiger partial charge in [-0.1, -0.05) is 36.4 Å². The van der Waals surface area contributed by atoms with Crippen LogP contribution in [0, 0.1) is 6.92 Å². The summed E-state index contributed by atoms with van der Waals surface area (Å²) in [6.07, 6.45) is 4.94. The zero-order valence-electron chi connectivity index (χ0n) is 22.3. The molecular weight excluding hydrogens is 486 g/mol. The van der Waals surface area contributed by atoms with Crippen LogP contribution in [0.3, 0.4) is 0 Å². The van der Waals surface area contributed by atoms with E-state index < -0.39 is 11.7 Å². The molecular formula is C32H33N5O2. The molecule has 2 aromatic carbocycles. The molecule has 0 unspecified atom stereocenters. The fraction of sp³-hybridized carbons (Fsp3) is 0.281. The summed E-state index contributed by atoms with van der Waals surface area (Å²) >= 11 is 0. The maximum atomic E-state index is 13.5. The van der Waals surface area contributed by atoms with Crippen molar-refractivity contribution in [2.75, 3.05) is 41.3 Å². The van der Waals surface area contributed by atoms with Crippen LogP contribution in [-0.4, -0.2) is 47.4 Å². The molecule has 7 nitrogen and oxygen atoms in total. The van der Waals surface area contributed by atoms with Crippen molar-refractivity contribution >= 4 is 28.9 Å². The highest BCUT2D eigenvalue weighted by Crippen LogP contribution is 2.31. The number of fused-ring (bicyclic) bond motifs is 1. The lowest BCUT2D eigenvalue weighted by Gasteiger charge is -2.36. The smallest absolute Gasteiger partial charge is 0.298 e. The monoisotopic (exact) mass is 519 g/mol. The minimum absolute atomic E-state index is 0.492. The number of hydrogen-bond acceptors (Lipinski definition) is 5. The van der Waals surface area contributed by atoms with Crippen LogP contribution in [0.15, 0.2) is 79.0 Å². The molecule has 0 aliphatic carbocycles. The average molecular weight is 520 g/mol. The third kappa shape index (κ3) is 5.17. The Morgan fingerprint density at radius 2 is 1.56 bits per heavy atom. The maximum Gasteiger partial charge on any atom is 0.298 e. The zero-order valence-corrected chi connectivity index (χ0v) is 22.3. The summed E-state index contributed by atoms with van der Waals surface area (Å²) in [5.74, 6) is -0.0832. The highest BCUT2D eigenvalue weighted by Gasteiger charge is 2.28. The van der Waals surface area contributed by atoms with E-state index in [4.69, 9.17) is 0 Å². The number of nitrogens with one attached hydrogen (secondary N) is 1. The first-order valence-corrected chi connectivity index (χ1v) is 13.7. The van der Waals surface area contributed by atoms with Crippen LogP contribution in [0.4, 0.5) is 17.2 Å². The van der Waals surface area contributed by atoms with Gasteiger partial charge in [0.25, 0.3) is 11.7 Å². The van der Waals surface area contributed by atoms with Gasteiger partial charge in [-0.25, -0.2) is 4.98 Å². The van der Waals surface area contributed by atoms with E-state index in [-0.39, 0.29) is 0 Å². The molecule has 1 fully saturated rings. The first-order valence-electron chi connectivity index (χ1n) is 13.7. The van der Waals surface area contributed by atoms with Gasteiger partial charge in [0, 0.05) is 61.6 Å². The third-order valence-corrected chi connectivity index (χ3v) is 7.74. The second-order valence-electron chi connectivity index (χ2n) is 10.4. The van der Waals surface area contributed by atoms with Crippen molar-refractivity contribution in [2.24, 2.45) is 0 Å². The molecule has 0 radical (unpaired) electrons. The van der Waals surface area contributed by atoms with Crippen molar-refractivity contribution in [3.63, 3.8) is 0 Å². The van der Waals surface area contributed by atoms with Crippen molar-refractivity contribution in [1.29, 1.82) is 0 Å². The number of hydrogen-bond donors (Lipinski definition) is 1. The van der Waals surface area contributed by atoms with Gasteiger partial charge in [0.05, 0.1) is 0 Å². The Balaban J connectivity index is 1.13. The van der Waals surface area contributed by atoms with Crippen molar-refractivity contribution in [3.05, 3.63) is 95.9 Å². The van der Waals surface area contributed by atoms with Crippen molar-refractivity contribution in [3.8, 4) is 11.1 Å². The zero-order chi connectivity index (χ0) is 26.8. The standard InChI is InChI=1S/C32H33N5O2/c1-23-10-15-29(33-22-23)36-19-17-35(18-20-36)26-13-11-25(12-14-26)34-32(39)31(38)30-28(24-7-3-2-4-8-24)21-27-9-5-6-16-37(27)30/h2-4,7-8,10-15,21-22H,5-6,9,16-20H2,1H3,(H,34,39). The van der Waals surface area contributed by atoms with E-state index in [1.54, 1.807) is 0 Å². The van der Waals surface area contributed by atoms with E-state index in [1.807, 2.05) is 72.3 Å². The van der Waals surface area contributed by atoms with Crippen LogP contribution in [-0.2, 0) is 17.8 Å². The molecule has 4 heterocycles. The molecule has 2 aliphatic heterocycles. The van der Waals surface area contributed by atoms with Gasteiger partial charge in [-0.2, -0.15) is 0 Å². The van der Waals surface area contributed by atoms with Gasteiger partial charge in [0.1, 0.15) is 11.5 Å². The molecule has 6 rings (SSSR count). The topological polar surface area (TPSA) is 70.5 Å². The summed E-state index contributed by atoms with van der Waals surface area (Å²) in [5, 5.41) is 2.84. The van der Waals surface area contributed by atoms with Crippen LogP contribution >= 0.6 is 0 Å². The number of amides is 1. The number of aryl methyl sites for hydroxylation is 2. The lowest BCUT2D eigenvalue weighted by molar-refractivity contribution is -0.112. The lowest BCUT2D eigenvalue weighted by atomic mass is 10.0. The third-order valence-electron chi connectivity index (χ3n) is 7.74. The molecule has 0 spiro atoms. The molecule has 4 aromatic rings. The summed E-state index contributed by atoms with van der Waals surface area (Å²) in [6, 6.07) is 23.9. The molecule has 7 heteroatoms. The summed E-state index contributed by atoms with van der Waals surface area (Å²) in [4.78, 5) is 35.9. The minimum Gasteiger partial charge on any atom is -0.368 e. The summed E-state index contributed by atoms with van der Waals surface area (Å²) < 4.78 is 2.04. The highest BCUT2D eigenvalue weighted by atomic mass is 16.2. The van der Waals surface area contributed by atoms with E-state index in [9.17, 15) is 9.59 Å². The number of aromatic nitrogens is 2. The van der Waals surface area contributed by atoms with Gasteiger partial charge in [0.2, 0.25) is 0 Å². The number of piperazine rings is 1. The quantitative estimate of drug-likeness (QED) is 0.275. The maximum absolute atomic E-state index is 13.5. The van der Waals surface area contributed by atoms with Crippen LogP contribution in [0.2, 0.25) is 0 Å². The lowest BCUT2D eigenvalue weighted by Crippen LogP contribution is -2.46. The Labute approximate surface area is 229 Å². The number of benzene rings is 2. The SMILES string of the molecule is Cc1ccc(N2CCN(c3ccc(NC(=O)C(=O)c4c(-c5ccccc5)cc5n4CCCC5)cc3)CC2)nc1. The van der Waals surface area contributed by atoms with Crippen LogP contribution in [0.1, 0.15) is 34.6 Å². The predicted molar refractivity (Wildman–Crippen MR) is 156 cm³/mol. The Hall–Kier alpha value is -4.39. The molecule has 0 bridgehead atoms. The molecule has 1 amide bonds. The van der Waals surface area contributed by atoms with E-state index in [0.29, 0.717) is 11.4 Å². The van der Waals surface area contributed by atoms with Gasteiger partial charge >= 0.3 is 0 Å². The van der Waals surface area contributed by atoms with Crippen molar-refractivity contribution in [2.45, 2.75) is 32.7 Å². The van der Waals surface area contributed by atoms with E-state index in [1.165, 1.54) is 0 Å². The fourth-order valence-corrected chi connectivity index (χ4v) is 5.61. The summed E-state index contributed by atoms with van der Waals surface area (Å²) in [5.41, 5.74) is 6.29. The number of nitrogens with zero attached hydrogens (tertiary/aromatic N) is 4. The molecule has 1 N–H and O–H groups in total. The van der Waals surface area contributed by atoms with Gasteiger partial charge in [-0.15, -0.1) is 0 Å². The number of pyridine rings is 1.